The van der Waals surface area contributed by atoms with Crippen LogP contribution in [0, 0.1) is 0 Å². The number of sulfonamides is 1. The number of amides is 5. The van der Waals surface area contributed by atoms with Crippen molar-refractivity contribution < 1.29 is 37.5 Å². The fourth-order valence-corrected chi connectivity index (χ4v) is 7.68. The number of hydrogen-bond acceptors (Lipinski definition) is 7. The Morgan fingerprint density at radius 1 is 1.07 bits per heavy atom. The van der Waals surface area contributed by atoms with E-state index in [9.17, 15) is 37.5 Å². The van der Waals surface area contributed by atoms with Crippen LogP contribution >= 0.6 is 23.2 Å². The van der Waals surface area contributed by atoms with Crippen LogP contribution in [-0.4, -0.2) is 78.8 Å². The van der Waals surface area contributed by atoms with E-state index in [0.29, 0.717) is 43.5 Å². The average molecular weight is 683 g/mol. The van der Waals surface area contributed by atoms with Gasteiger partial charge in [0.05, 0.1) is 10.6 Å². The Bertz CT molecular complexity index is 1570. The van der Waals surface area contributed by atoms with Crippen molar-refractivity contribution >= 4 is 68.6 Å². The molecule has 4 N–H and O–H groups in total. The van der Waals surface area contributed by atoms with Crippen molar-refractivity contribution in [2.24, 2.45) is 0 Å². The molecule has 2 aliphatic heterocycles. The zero-order chi connectivity index (χ0) is 32.9. The fraction of sp³-hybridized carbons (Fsp3) is 0.414. The third-order valence-corrected chi connectivity index (χ3v) is 9.83. The molecule has 13 nitrogen and oxygen atoms in total. The van der Waals surface area contributed by atoms with E-state index in [1.54, 1.807) is 12.1 Å². The number of imide groups is 1. The van der Waals surface area contributed by atoms with Crippen LogP contribution in [0.15, 0.2) is 47.4 Å². The Labute approximate surface area is 270 Å². The first-order valence-electron chi connectivity index (χ1n) is 14.3. The number of nitrogens with one attached hydrogen (secondary N) is 3. The van der Waals surface area contributed by atoms with Crippen LogP contribution < -0.4 is 20.9 Å². The minimum Gasteiger partial charge on any atom is -0.480 e. The molecule has 2 heterocycles. The van der Waals surface area contributed by atoms with Gasteiger partial charge in [-0.25, -0.2) is 22.9 Å². The van der Waals surface area contributed by atoms with Gasteiger partial charge in [-0.1, -0.05) is 35.3 Å². The van der Waals surface area contributed by atoms with Gasteiger partial charge in [0.25, 0.3) is 5.91 Å². The van der Waals surface area contributed by atoms with Crippen molar-refractivity contribution in [2.75, 3.05) is 18.0 Å². The van der Waals surface area contributed by atoms with Gasteiger partial charge >= 0.3 is 12.0 Å². The van der Waals surface area contributed by atoms with Gasteiger partial charge in [0.2, 0.25) is 21.8 Å². The molecule has 0 aliphatic carbocycles. The number of anilines is 1. The lowest BCUT2D eigenvalue weighted by Gasteiger charge is -2.25. The number of carbonyl (C=O) groups is 5. The summed E-state index contributed by atoms with van der Waals surface area (Å²) in [4.78, 5) is 62.6. The number of carbonyl (C=O) groups excluding carboxylic acids is 4. The van der Waals surface area contributed by atoms with E-state index in [0.717, 1.165) is 9.21 Å². The summed E-state index contributed by atoms with van der Waals surface area (Å²) in [5, 5.41) is 17.9. The first kappa shape index (κ1) is 34.2. The number of carboxylic acids is 1. The number of carboxylic acid groups (broad SMARTS) is 1. The number of rotatable bonds is 13. The second-order valence-electron chi connectivity index (χ2n) is 10.8. The van der Waals surface area contributed by atoms with Gasteiger partial charge in [-0.2, -0.15) is 4.31 Å². The summed E-state index contributed by atoms with van der Waals surface area (Å²) < 4.78 is 27.6. The Morgan fingerprint density at radius 3 is 2.36 bits per heavy atom. The third kappa shape index (κ3) is 8.31. The Morgan fingerprint density at radius 2 is 1.73 bits per heavy atom. The minimum atomic E-state index is -4.15. The summed E-state index contributed by atoms with van der Waals surface area (Å²) in [6.07, 6.45) is 2.13. The van der Waals surface area contributed by atoms with Gasteiger partial charge in [-0.05, 0) is 68.0 Å². The fourth-order valence-electron chi connectivity index (χ4n) is 5.30. The van der Waals surface area contributed by atoms with Crippen LogP contribution in [0.1, 0.15) is 44.6 Å². The molecule has 3 atom stereocenters. The van der Waals surface area contributed by atoms with Gasteiger partial charge in [0.1, 0.15) is 18.1 Å². The van der Waals surface area contributed by atoms with E-state index in [1.165, 1.54) is 37.3 Å². The zero-order valence-corrected chi connectivity index (χ0v) is 26.6. The quantitative estimate of drug-likeness (QED) is 0.184. The maximum atomic E-state index is 13.3. The highest BCUT2D eigenvalue weighted by Crippen LogP contribution is 2.30. The second-order valence-corrected chi connectivity index (χ2v) is 13.6. The summed E-state index contributed by atoms with van der Waals surface area (Å²) in [6.45, 7) is 1.95. The highest BCUT2D eigenvalue weighted by atomic mass is 35.5. The maximum absolute atomic E-state index is 13.3. The third-order valence-electron chi connectivity index (χ3n) is 7.51. The van der Waals surface area contributed by atoms with Gasteiger partial charge < -0.3 is 21.1 Å². The first-order chi connectivity index (χ1) is 21.3. The monoisotopic (exact) mass is 681 g/mol. The summed E-state index contributed by atoms with van der Waals surface area (Å²) in [5.41, 5.74) is 0.795. The number of hydrogen-bond donors (Lipinski definition) is 4. The van der Waals surface area contributed by atoms with Gasteiger partial charge in [-0.15, -0.1) is 0 Å². The predicted octanol–water partition coefficient (Wildman–Crippen LogP) is 2.69. The first-order valence-corrected chi connectivity index (χ1v) is 16.5. The summed E-state index contributed by atoms with van der Waals surface area (Å²) in [5.74, 6) is -2.63. The molecule has 16 heteroatoms. The SMILES string of the molecule is CC(=O)NCCCCC1NC(=O)N(c2ccc(C[C@H](NC(=O)[C@H]3CCCN3S(=O)(=O)c3cc(Cl)cc(Cl)c3)C(=O)O)cc2)C1=O. The van der Waals surface area contributed by atoms with E-state index in [2.05, 4.69) is 16.0 Å². The van der Waals surface area contributed by atoms with Crippen molar-refractivity contribution in [3.63, 3.8) is 0 Å². The van der Waals surface area contributed by atoms with Gasteiger partial charge in [0, 0.05) is 36.5 Å². The zero-order valence-electron chi connectivity index (χ0n) is 24.3. The van der Waals surface area contributed by atoms with Crippen LogP contribution in [0.2, 0.25) is 10.0 Å². The molecule has 242 valence electrons. The molecule has 0 spiro atoms. The van der Waals surface area contributed by atoms with Crippen molar-refractivity contribution in [3.8, 4) is 0 Å². The average Bonchev–Trinajstić information content (AvgIpc) is 3.57. The Kier molecular flexibility index (Phi) is 11.1. The predicted molar refractivity (Wildman–Crippen MR) is 165 cm³/mol. The molecular formula is C29H33Cl2N5O8S. The lowest BCUT2D eigenvalue weighted by Crippen LogP contribution is -2.51. The smallest absolute Gasteiger partial charge is 0.329 e. The molecule has 0 saturated carbocycles. The molecule has 5 amide bonds. The summed E-state index contributed by atoms with van der Waals surface area (Å²) >= 11 is 12.0. The summed E-state index contributed by atoms with van der Waals surface area (Å²) in [7, 11) is -4.15. The van der Waals surface area contributed by atoms with Crippen LogP contribution in [0.25, 0.3) is 0 Å². The van der Waals surface area contributed by atoms with Crippen LogP contribution in [-0.2, 0) is 35.6 Å². The molecule has 2 saturated heterocycles. The highest BCUT2D eigenvalue weighted by Gasteiger charge is 2.41. The van der Waals surface area contributed by atoms with Gasteiger partial charge in [0.15, 0.2) is 0 Å². The number of nitrogens with zero attached hydrogens (tertiary/aromatic N) is 2. The topological polar surface area (TPSA) is 182 Å². The van der Waals surface area contributed by atoms with Crippen LogP contribution in [0.5, 0.6) is 0 Å². The maximum Gasteiger partial charge on any atom is 0.329 e. The molecular weight excluding hydrogens is 649 g/mol. The van der Waals surface area contributed by atoms with E-state index < -0.39 is 52.0 Å². The van der Waals surface area contributed by atoms with E-state index in [1.807, 2.05) is 0 Å². The number of benzene rings is 2. The molecule has 0 radical (unpaired) electrons. The number of unbranched alkanes of at least 4 members (excludes halogenated alkanes) is 1. The lowest BCUT2D eigenvalue weighted by atomic mass is 10.0. The minimum absolute atomic E-state index is 0.0600. The highest BCUT2D eigenvalue weighted by molar-refractivity contribution is 7.89. The standard InChI is InChI=1S/C29H33Cl2N5O8S/c1-17(37)32-11-3-2-5-23-27(39)36(29(42)34-23)21-9-7-18(8-10-21)13-24(28(40)41)33-26(38)25-6-4-12-35(25)45(43,44)22-15-19(30)14-20(31)16-22/h7-10,14-16,23-25H,2-6,11-13H2,1H3,(H,32,37)(H,33,38)(H,34,42)(H,40,41)/t23?,24-,25+/m0/s1. The Hall–Kier alpha value is -3.72. The van der Waals surface area contributed by atoms with Gasteiger partial charge in [-0.3, -0.25) is 14.4 Å². The van der Waals surface area contributed by atoms with E-state index in [4.69, 9.17) is 23.2 Å². The van der Waals surface area contributed by atoms with Crippen LogP contribution in [0.4, 0.5) is 10.5 Å². The molecule has 2 aromatic rings. The van der Waals surface area contributed by atoms with Crippen molar-refractivity contribution in [1.29, 1.82) is 0 Å². The van der Waals surface area contributed by atoms with E-state index >= 15 is 0 Å². The molecule has 1 unspecified atom stereocenters. The lowest BCUT2D eigenvalue weighted by molar-refractivity contribution is -0.142. The second kappa shape index (κ2) is 14.6. The molecule has 2 aromatic carbocycles. The van der Waals surface area contributed by atoms with E-state index in [-0.39, 0.29) is 40.2 Å². The number of halogens is 2. The molecule has 0 bridgehead atoms. The van der Waals surface area contributed by atoms with Crippen LogP contribution in [0.3, 0.4) is 0 Å². The molecule has 2 fully saturated rings. The Balaban J connectivity index is 1.38. The molecule has 4 rings (SSSR count). The number of aliphatic carboxylic acids is 1. The summed E-state index contributed by atoms with van der Waals surface area (Å²) in [6, 6.07) is 6.18. The molecule has 45 heavy (non-hydrogen) atoms. The van der Waals surface area contributed by atoms with Crippen molar-refractivity contribution in [1.82, 2.24) is 20.3 Å². The largest absolute Gasteiger partial charge is 0.480 e. The molecule has 2 aliphatic rings. The number of urea groups is 1. The van der Waals surface area contributed by atoms with Crippen molar-refractivity contribution in [2.45, 2.75) is 68.5 Å². The molecule has 0 aromatic heterocycles. The van der Waals surface area contributed by atoms with Crippen molar-refractivity contribution in [3.05, 3.63) is 58.1 Å². The normalized spacial score (nSPS) is 19.3.